The molecule has 0 aromatic rings. The Morgan fingerprint density at radius 2 is 0.861 bits per heavy atom. The molecule has 420 valence electrons. The van der Waals surface area contributed by atoms with Crippen molar-refractivity contribution in [2.24, 2.45) is 0 Å². The van der Waals surface area contributed by atoms with E-state index >= 15 is 0 Å². The highest BCUT2D eigenvalue weighted by atomic mass is 16.7. The van der Waals surface area contributed by atoms with Crippen molar-refractivity contribution in [3.05, 3.63) is 60.8 Å². The monoisotopic (exact) mass is 1020 g/mol. The fraction of sp³-hybridized carbons (Fsp3) is 0.823. The normalized spacial score (nSPS) is 20.0. The third kappa shape index (κ3) is 39.3. The van der Waals surface area contributed by atoms with Crippen LogP contribution in [-0.4, -0.2) is 98.7 Å². The predicted octanol–water partition coefficient (Wildman–Crippen LogP) is 14.0. The van der Waals surface area contributed by atoms with Gasteiger partial charge in [0.2, 0.25) is 5.91 Å². The van der Waals surface area contributed by atoms with E-state index < -0.39 is 61.5 Å². The molecule has 10 heteroatoms. The number of unbranched alkanes of at least 4 members (excludes halogenated alkanes) is 32. The number of aliphatic hydroxyl groups excluding tert-OH is 6. The van der Waals surface area contributed by atoms with Crippen molar-refractivity contribution in [3.63, 3.8) is 0 Å². The molecule has 0 bridgehead atoms. The van der Waals surface area contributed by atoms with E-state index in [0.717, 1.165) is 51.4 Å². The minimum Gasteiger partial charge on any atom is -0.394 e. The molecule has 7 N–H and O–H groups in total. The van der Waals surface area contributed by atoms with Gasteiger partial charge in [-0.1, -0.05) is 248 Å². The van der Waals surface area contributed by atoms with Gasteiger partial charge in [-0.25, -0.2) is 0 Å². The summed E-state index contributed by atoms with van der Waals surface area (Å²) < 4.78 is 11.2. The highest BCUT2D eigenvalue weighted by Gasteiger charge is 2.44. The lowest BCUT2D eigenvalue weighted by Crippen LogP contribution is -2.60. The molecule has 1 rings (SSSR count). The summed E-state index contributed by atoms with van der Waals surface area (Å²) in [6.45, 7) is 3.60. The third-order valence-electron chi connectivity index (χ3n) is 14.2. The van der Waals surface area contributed by atoms with Gasteiger partial charge in [-0.3, -0.25) is 4.79 Å². The first kappa shape index (κ1) is 67.9. The molecule has 0 aliphatic carbocycles. The third-order valence-corrected chi connectivity index (χ3v) is 14.2. The molecule has 1 saturated heterocycles. The maximum Gasteiger partial charge on any atom is 0.249 e. The highest BCUT2D eigenvalue weighted by molar-refractivity contribution is 5.80. The molecule has 0 spiro atoms. The van der Waals surface area contributed by atoms with E-state index in [1.165, 1.54) is 180 Å². The lowest BCUT2D eigenvalue weighted by molar-refractivity contribution is -0.302. The van der Waals surface area contributed by atoms with Crippen LogP contribution in [0.2, 0.25) is 0 Å². The minimum absolute atomic E-state index is 0.299. The van der Waals surface area contributed by atoms with Crippen molar-refractivity contribution in [3.8, 4) is 0 Å². The van der Waals surface area contributed by atoms with Crippen molar-refractivity contribution in [2.45, 2.75) is 313 Å². The number of hydrogen-bond donors (Lipinski definition) is 7. The Balaban J connectivity index is 2.23. The zero-order valence-electron chi connectivity index (χ0n) is 46.3. The summed E-state index contributed by atoms with van der Waals surface area (Å²) in [6, 6.07) is -1.01. The van der Waals surface area contributed by atoms with E-state index in [1.807, 2.05) is 6.08 Å². The van der Waals surface area contributed by atoms with Crippen LogP contribution in [-0.2, 0) is 14.3 Å². The van der Waals surface area contributed by atoms with Gasteiger partial charge < -0.3 is 45.4 Å². The Bertz CT molecular complexity index is 1330. The largest absolute Gasteiger partial charge is 0.394 e. The van der Waals surface area contributed by atoms with Crippen LogP contribution in [0.1, 0.15) is 264 Å². The molecule has 0 saturated carbocycles. The number of amides is 1. The van der Waals surface area contributed by atoms with Crippen molar-refractivity contribution in [1.82, 2.24) is 5.32 Å². The second-order valence-corrected chi connectivity index (χ2v) is 20.9. The number of hydrogen-bond acceptors (Lipinski definition) is 9. The van der Waals surface area contributed by atoms with Crippen LogP contribution in [0.15, 0.2) is 60.8 Å². The molecule has 1 aliphatic heterocycles. The SMILES string of the molecule is CCCCCCCCC/C=C/CC/C=C/CC/C=C/C(O)C(COC1OC(CO)C(O)C(O)C1O)NC(=O)C(O)CCCCCCCCCCCCCCCC/C=C\C/C=C\CCCCCCCCCCC. The van der Waals surface area contributed by atoms with Gasteiger partial charge in [-0.15, -0.1) is 0 Å². The zero-order valence-corrected chi connectivity index (χ0v) is 46.3. The highest BCUT2D eigenvalue weighted by Crippen LogP contribution is 2.23. The van der Waals surface area contributed by atoms with Crippen LogP contribution in [0.4, 0.5) is 0 Å². The van der Waals surface area contributed by atoms with Crippen molar-refractivity contribution < 1.29 is 44.9 Å². The van der Waals surface area contributed by atoms with E-state index in [9.17, 15) is 35.4 Å². The van der Waals surface area contributed by atoms with Gasteiger partial charge in [-0.2, -0.15) is 0 Å². The number of rotatable bonds is 51. The molecule has 8 unspecified atom stereocenters. The van der Waals surface area contributed by atoms with Gasteiger partial charge >= 0.3 is 0 Å². The number of carbonyl (C=O) groups is 1. The molecule has 1 fully saturated rings. The van der Waals surface area contributed by atoms with Crippen molar-refractivity contribution in [1.29, 1.82) is 0 Å². The molecule has 1 aliphatic rings. The van der Waals surface area contributed by atoms with Crippen LogP contribution in [0.3, 0.4) is 0 Å². The fourth-order valence-electron chi connectivity index (χ4n) is 9.29. The predicted molar refractivity (Wildman–Crippen MR) is 301 cm³/mol. The Morgan fingerprint density at radius 3 is 1.29 bits per heavy atom. The molecular formula is C62H113NO9. The first-order valence-electron chi connectivity index (χ1n) is 30.1. The molecule has 8 atom stereocenters. The number of ether oxygens (including phenoxy) is 2. The molecule has 0 radical (unpaired) electrons. The molecule has 1 amide bonds. The van der Waals surface area contributed by atoms with Gasteiger partial charge in [0, 0.05) is 0 Å². The summed E-state index contributed by atoms with van der Waals surface area (Å²) in [6.07, 6.45) is 59.0. The second-order valence-electron chi connectivity index (χ2n) is 20.9. The molecular weight excluding hydrogens is 903 g/mol. The summed E-state index contributed by atoms with van der Waals surface area (Å²) in [5.74, 6) is -0.630. The van der Waals surface area contributed by atoms with E-state index in [-0.39, 0.29) is 6.61 Å². The Morgan fingerprint density at radius 1 is 0.486 bits per heavy atom. The van der Waals surface area contributed by atoms with Crippen LogP contribution >= 0.6 is 0 Å². The van der Waals surface area contributed by atoms with Crippen molar-refractivity contribution in [2.75, 3.05) is 13.2 Å². The summed E-state index contributed by atoms with van der Waals surface area (Å²) >= 11 is 0. The first-order valence-corrected chi connectivity index (χ1v) is 30.1. The number of aliphatic hydroxyl groups is 6. The van der Waals surface area contributed by atoms with Crippen LogP contribution in [0.25, 0.3) is 0 Å². The van der Waals surface area contributed by atoms with Gasteiger partial charge in [0.05, 0.1) is 25.4 Å². The molecule has 0 aromatic heterocycles. The number of nitrogens with one attached hydrogen (secondary N) is 1. The maximum atomic E-state index is 13.1. The molecule has 10 nitrogen and oxygen atoms in total. The van der Waals surface area contributed by atoms with E-state index in [4.69, 9.17) is 9.47 Å². The van der Waals surface area contributed by atoms with Gasteiger partial charge in [0.25, 0.3) is 0 Å². The Hall–Kier alpha value is -2.15. The van der Waals surface area contributed by atoms with Crippen LogP contribution in [0.5, 0.6) is 0 Å². The lowest BCUT2D eigenvalue weighted by atomic mass is 9.99. The van der Waals surface area contributed by atoms with E-state index in [0.29, 0.717) is 19.3 Å². The zero-order chi connectivity index (χ0) is 52.4. The fourth-order valence-corrected chi connectivity index (χ4v) is 9.29. The standard InChI is InChI=1S/C62H113NO9/c1-3-5-7-9-11-13-15-17-19-21-22-23-24-25-26-27-28-29-30-31-32-33-35-37-39-41-43-45-47-49-51-56(66)61(70)63-54(53-71-62-60(69)59(68)58(67)57(52-64)72-62)55(65)50-48-46-44-42-40-38-36-34-20-18-16-14-12-10-8-6-4-2/h20,22-23,25-26,34,40,42,48,50,54-60,62,64-69H,3-19,21,24,27-33,35-39,41,43-47,49,51-53H2,1-2H3,(H,63,70)/b23-22-,26-25-,34-20+,42-40+,50-48+. The average molecular weight is 1020 g/mol. The minimum atomic E-state index is -1.62. The number of carbonyl (C=O) groups excluding carboxylic acids is 1. The van der Waals surface area contributed by atoms with E-state index in [1.54, 1.807) is 6.08 Å². The van der Waals surface area contributed by atoms with E-state index in [2.05, 4.69) is 67.8 Å². The first-order chi connectivity index (χ1) is 35.3. The molecule has 72 heavy (non-hydrogen) atoms. The quantitative estimate of drug-likeness (QED) is 0.0232. The van der Waals surface area contributed by atoms with Crippen molar-refractivity contribution >= 4 is 5.91 Å². The Labute approximate surface area is 441 Å². The number of allylic oxidation sites excluding steroid dienone is 9. The second kappa shape index (κ2) is 51.0. The van der Waals surface area contributed by atoms with Gasteiger partial charge in [0.15, 0.2) is 6.29 Å². The molecule has 1 heterocycles. The molecule has 0 aromatic carbocycles. The summed E-state index contributed by atoms with van der Waals surface area (Å²) in [5, 5.41) is 65.0. The smallest absolute Gasteiger partial charge is 0.249 e. The van der Waals surface area contributed by atoms with Gasteiger partial charge in [-0.05, 0) is 77.0 Å². The van der Waals surface area contributed by atoms with Gasteiger partial charge in [0.1, 0.15) is 30.5 Å². The summed E-state index contributed by atoms with van der Waals surface area (Å²) in [4.78, 5) is 13.1. The van der Waals surface area contributed by atoms with Crippen LogP contribution < -0.4 is 5.32 Å². The topological polar surface area (TPSA) is 169 Å². The van der Waals surface area contributed by atoms with Crippen LogP contribution in [0, 0.1) is 0 Å². The summed E-state index contributed by atoms with van der Waals surface area (Å²) in [5.41, 5.74) is 0. The maximum absolute atomic E-state index is 13.1. The lowest BCUT2D eigenvalue weighted by Gasteiger charge is -2.40. The average Bonchev–Trinajstić information content (AvgIpc) is 3.38. The Kier molecular flexibility index (Phi) is 48.1. The summed E-state index contributed by atoms with van der Waals surface area (Å²) in [7, 11) is 0.